The standard InChI is InChI=1S/C19H21N8O7PS2/c1-2-34-23-11(14-22-19(37-25-14)24-35(20,32)33)15(28)21-12-16(29)27-13(18(30)31)10(9-36-17(12)27)8-26-6-4-3-5-7-26/h3-7,12,17H,2,8-9H2,1H3,(H5-,20,21,22,24,25,28,30,31,32,33)/b23-11-/t12?,17-/m1/s1. The van der Waals surface area contributed by atoms with Crippen LogP contribution in [0.15, 0.2) is 47.0 Å². The number of rotatable bonds is 10. The van der Waals surface area contributed by atoms with Gasteiger partial charge in [-0.05, 0) is 6.92 Å². The van der Waals surface area contributed by atoms with Crippen LogP contribution >= 0.6 is 31.0 Å². The summed E-state index contributed by atoms with van der Waals surface area (Å²) in [4.78, 5) is 57.2. The highest BCUT2D eigenvalue weighted by atomic mass is 32.2. The van der Waals surface area contributed by atoms with Gasteiger partial charge in [-0.15, -0.1) is 11.8 Å². The zero-order chi connectivity index (χ0) is 26.7. The fourth-order valence-electron chi connectivity index (χ4n) is 3.58. The van der Waals surface area contributed by atoms with Crippen molar-refractivity contribution in [2.45, 2.75) is 24.9 Å². The highest BCUT2D eigenvalue weighted by Crippen LogP contribution is 2.40. The van der Waals surface area contributed by atoms with Crippen molar-refractivity contribution in [1.82, 2.24) is 19.6 Å². The number of hydrogen-bond donors (Lipinski definition) is 4. The number of nitrogens with one attached hydrogen (secondary N) is 2. The molecule has 0 bridgehead atoms. The number of hydrogen-bond acceptors (Lipinski definition) is 11. The number of fused-ring (bicyclic) bond motifs is 1. The lowest BCUT2D eigenvalue weighted by atomic mass is 10.0. The maximum Gasteiger partial charge on any atom is 0.362 e. The van der Waals surface area contributed by atoms with E-state index in [1.807, 2.05) is 6.07 Å². The van der Waals surface area contributed by atoms with Crippen molar-refractivity contribution in [1.29, 1.82) is 0 Å². The molecule has 15 nitrogen and oxygen atoms in total. The van der Waals surface area contributed by atoms with Crippen LogP contribution in [0.1, 0.15) is 12.7 Å². The average molecular weight is 569 g/mol. The minimum atomic E-state index is -4.16. The minimum Gasteiger partial charge on any atom is -0.543 e. The van der Waals surface area contributed by atoms with Crippen LogP contribution < -0.4 is 25.6 Å². The van der Waals surface area contributed by atoms with Crippen LogP contribution in [0.5, 0.6) is 0 Å². The second-order valence-electron chi connectivity index (χ2n) is 7.66. The number of aromatic nitrogens is 3. The largest absolute Gasteiger partial charge is 0.543 e. The number of thioether (sulfide) groups is 1. The van der Waals surface area contributed by atoms with Crippen molar-refractivity contribution >= 4 is 59.6 Å². The van der Waals surface area contributed by atoms with Gasteiger partial charge >= 0.3 is 7.67 Å². The van der Waals surface area contributed by atoms with Crippen molar-refractivity contribution in [3.8, 4) is 0 Å². The molecule has 1 fully saturated rings. The molecule has 2 aliphatic rings. The molecule has 0 saturated carbocycles. The predicted molar refractivity (Wildman–Crippen MR) is 129 cm³/mol. The summed E-state index contributed by atoms with van der Waals surface area (Å²) in [5.74, 6) is -2.91. The summed E-state index contributed by atoms with van der Waals surface area (Å²) in [5, 5.41) is 19.5. The summed E-state index contributed by atoms with van der Waals surface area (Å²) in [6.07, 6.45) is 3.55. The molecule has 196 valence electrons. The summed E-state index contributed by atoms with van der Waals surface area (Å²) in [7, 11) is -4.16. The van der Waals surface area contributed by atoms with Crippen molar-refractivity contribution < 1.29 is 38.4 Å². The molecule has 1 saturated heterocycles. The minimum absolute atomic E-state index is 0.108. The lowest BCUT2D eigenvalue weighted by Crippen LogP contribution is -2.71. The normalized spacial score (nSPS) is 21.0. The van der Waals surface area contributed by atoms with E-state index in [0.717, 1.165) is 4.90 Å². The molecule has 2 unspecified atom stereocenters. The van der Waals surface area contributed by atoms with Crippen molar-refractivity contribution in [3.05, 3.63) is 47.7 Å². The monoisotopic (exact) mass is 568 g/mol. The maximum absolute atomic E-state index is 13.0. The summed E-state index contributed by atoms with van der Waals surface area (Å²) >= 11 is 1.95. The quantitative estimate of drug-likeness (QED) is 0.0816. The first-order valence-electron chi connectivity index (χ1n) is 10.7. The van der Waals surface area contributed by atoms with Gasteiger partial charge in [0.15, 0.2) is 18.9 Å². The summed E-state index contributed by atoms with van der Waals surface area (Å²) in [6.45, 7) is 1.99. The van der Waals surface area contributed by atoms with E-state index >= 15 is 0 Å². The van der Waals surface area contributed by atoms with Crippen molar-refractivity contribution in [3.63, 3.8) is 0 Å². The van der Waals surface area contributed by atoms with Gasteiger partial charge in [0.05, 0.1) is 11.7 Å². The van der Waals surface area contributed by atoms with Crippen LogP contribution in [0.3, 0.4) is 0 Å². The summed E-state index contributed by atoms with van der Waals surface area (Å²) in [6, 6.07) is 4.37. The Morgan fingerprint density at radius 1 is 1.41 bits per heavy atom. The predicted octanol–water partition coefficient (Wildman–Crippen LogP) is -1.86. The molecule has 18 heteroatoms. The number of β-lactam (4-membered cyclic amide) rings is 1. The molecule has 5 N–H and O–H groups in total. The Morgan fingerprint density at radius 3 is 2.78 bits per heavy atom. The van der Waals surface area contributed by atoms with E-state index in [4.69, 9.17) is 10.3 Å². The molecule has 2 aliphatic heterocycles. The van der Waals surface area contributed by atoms with E-state index < -0.39 is 36.9 Å². The average Bonchev–Trinajstić information content (AvgIpc) is 3.29. The lowest BCUT2D eigenvalue weighted by molar-refractivity contribution is -0.689. The second kappa shape index (κ2) is 10.9. The third-order valence-corrected chi connectivity index (χ3v) is 7.73. The first-order valence-corrected chi connectivity index (χ1v) is 14.2. The number of carbonyl (C=O) groups is 3. The first-order chi connectivity index (χ1) is 17.6. The van der Waals surface area contributed by atoms with Crippen LogP contribution in [0, 0.1) is 0 Å². The molecule has 0 aromatic carbocycles. The fourth-order valence-corrected chi connectivity index (χ4v) is 6.22. The van der Waals surface area contributed by atoms with Gasteiger partial charge in [-0.2, -0.15) is 9.36 Å². The number of carboxylic acid groups (broad SMARTS) is 1. The van der Waals surface area contributed by atoms with E-state index in [1.54, 1.807) is 36.0 Å². The van der Waals surface area contributed by atoms with Gasteiger partial charge < -0.3 is 24.9 Å². The Balaban J connectivity index is 1.52. The van der Waals surface area contributed by atoms with Gasteiger partial charge in [0.2, 0.25) is 16.7 Å². The number of nitrogens with zero attached hydrogens (tertiary/aromatic N) is 5. The molecule has 4 heterocycles. The molecule has 2 aromatic rings. The zero-order valence-electron chi connectivity index (χ0n) is 19.1. The molecule has 0 aliphatic carbocycles. The van der Waals surface area contributed by atoms with Crippen LogP contribution in [0.2, 0.25) is 0 Å². The van der Waals surface area contributed by atoms with Crippen LogP contribution in [-0.2, 0) is 30.3 Å². The highest BCUT2D eigenvalue weighted by Gasteiger charge is 2.53. The van der Waals surface area contributed by atoms with Crippen LogP contribution in [0.25, 0.3) is 0 Å². The highest BCUT2D eigenvalue weighted by molar-refractivity contribution is 8.00. The summed E-state index contributed by atoms with van der Waals surface area (Å²) < 4.78 is 17.1. The second-order valence-corrected chi connectivity index (χ2v) is 11.0. The maximum atomic E-state index is 13.0. The number of pyridine rings is 1. The number of oxime groups is 1. The SMILES string of the molecule is CCO/N=C(\C(=O)NC1C(=O)N2C(C(=O)[O-])=C(C[n+]3ccccc3)CS[C@H]12)c1nsc(NP(N)(=O)O)n1. The van der Waals surface area contributed by atoms with Gasteiger partial charge in [0.25, 0.3) is 11.8 Å². The van der Waals surface area contributed by atoms with Gasteiger partial charge in [0.1, 0.15) is 18.0 Å². The molecule has 4 rings (SSSR count). The van der Waals surface area contributed by atoms with Gasteiger partial charge in [-0.1, -0.05) is 11.2 Å². The molecule has 2 amide bonds. The number of aliphatic carboxylic acids is 1. The van der Waals surface area contributed by atoms with E-state index in [0.29, 0.717) is 22.9 Å². The number of amides is 2. The summed E-state index contributed by atoms with van der Waals surface area (Å²) in [5.41, 5.74) is 4.95. The number of anilines is 1. The van der Waals surface area contributed by atoms with E-state index in [2.05, 4.69) is 24.9 Å². The molecule has 0 spiro atoms. The molecular formula is C19H21N8O7PS2. The molecule has 37 heavy (non-hydrogen) atoms. The van der Waals surface area contributed by atoms with Gasteiger partial charge in [0, 0.05) is 35.0 Å². The topological polar surface area (TPSA) is 216 Å². The number of carbonyl (C=O) groups excluding carboxylic acids is 3. The molecule has 2 aromatic heterocycles. The Hall–Kier alpha value is -3.37. The fraction of sp³-hybridized carbons (Fsp3) is 0.316. The number of carboxylic acids is 1. The van der Waals surface area contributed by atoms with E-state index in [-0.39, 0.29) is 35.5 Å². The zero-order valence-corrected chi connectivity index (χ0v) is 21.7. The lowest BCUT2D eigenvalue weighted by Gasteiger charge is -2.50. The van der Waals surface area contributed by atoms with Crippen molar-refractivity contribution in [2.75, 3.05) is 17.4 Å². The Morgan fingerprint density at radius 2 is 2.14 bits per heavy atom. The van der Waals surface area contributed by atoms with Gasteiger partial charge in [-0.25, -0.2) is 14.6 Å². The Kier molecular flexibility index (Phi) is 7.89. The third kappa shape index (κ3) is 5.97. The molecule has 0 radical (unpaired) electrons. The van der Waals surface area contributed by atoms with Crippen LogP contribution in [-0.4, -0.2) is 66.4 Å². The Bertz CT molecular complexity index is 1330. The third-order valence-electron chi connectivity index (χ3n) is 5.07. The number of nitrogens with two attached hydrogens (primary N) is 1. The van der Waals surface area contributed by atoms with Crippen LogP contribution in [0.4, 0.5) is 5.13 Å². The van der Waals surface area contributed by atoms with Crippen molar-refractivity contribution in [2.24, 2.45) is 10.7 Å². The molecule has 3 atom stereocenters. The molecular weight excluding hydrogens is 547 g/mol. The Labute approximate surface area is 218 Å². The van der Waals surface area contributed by atoms with E-state index in [9.17, 15) is 28.9 Å². The van der Waals surface area contributed by atoms with E-state index in [1.165, 1.54) is 11.8 Å². The van der Waals surface area contributed by atoms with Gasteiger partial charge in [-0.3, -0.25) is 19.6 Å². The first kappa shape index (κ1) is 26.7. The smallest absolute Gasteiger partial charge is 0.362 e.